The van der Waals surface area contributed by atoms with Gasteiger partial charge in [0.1, 0.15) is 0 Å². The first kappa shape index (κ1) is 16.8. The molecule has 1 aromatic carbocycles. The highest BCUT2D eigenvalue weighted by Crippen LogP contribution is 2.20. The van der Waals surface area contributed by atoms with Gasteiger partial charge in [-0.2, -0.15) is 0 Å². The van der Waals surface area contributed by atoms with Crippen molar-refractivity contribution >= 4 is 11.0 Å². The number of benzene rings is 1. The number of hydrogen-bond donors (Lipinski definition) is 4. The summed E-state index contributed by atoms with van der Waals surface area (Å²) in [5, 5.41) is 13.8. The zero-order chi connectivity index (χ0) is 16.3. The van der Waals surface area contributed by atoms with Crippen molar-refractivity contribution in [2.45, 2.75) is 52.2 Å². The summed E-state index contributed by atoms with van der Waals surface area (Å²) < 4.78 is 0. The Morgan fingerprint density at radius 1 is 1.23 bits per heavy atom. The predicted molar refractivity (Wildman–Crippen MR) is 90.0 cm³/mol. The molecule has 0 aliphatic heterocycles. The van der Waals surface area contributed by atoms with Crippen LogP contribution in [0, 0.1) is 5.92 Å². The molecule has 22 heavy (non-hydrogen) atoms. The van der Waals surface area contributed by atoms with Crippen LogP contribution in [0.4, 0.5) is 0 Å². The first-order valence-corrected chi connectivity index (χ1v) is 7.94. The van der Waals surface area contributed by atoms with Crippen LogP contribution in [0.1, 0.15) is 52.1 Å². The Labute approximate surface area is 131 Å². The van der Waals surface area contributed by atoms with Crippen molar-refractivity contribution in [2.75, 3.05) is 6.54 Å². The normalized spacial score (nSPS) is 16.1. The molecule has 0 saturated carbocycles. The molecule has 0 fully saturated rings. The van der Waals surface area contributed by atoms with Gasteiger partial charge in [0, 0.05) is 12.6 Å². The van der Waals surface area contributed by atoms with Crippen LogP contribution in [-0.2, 0) is 0 Å². The number of H-pyrrole nitrogens is 2. The fourth-order valence-electron chi connectivity index (χ4n) is 2.50. The SMILES string of the molecule is CC(C)CCC(C)(O)CNC(C)c1ccc2[nH]c(=O)[nH]c2c1. The maximum atomic E-state index is 11.3. The Morgan fingerprint density at radius 2 is 1.91 bits per heavy atom. The lowest BCUT2D eigenvalue weighted by molar-refractivity contribution is 0.0430. The summed E-state index contributed by atoms with van der Waals surface area (Å²) in [6.45, 7) is 8.81. The number of aromatic amines is 2. The number of imidazole rings is 1. The number of aromatic nitrogens is 2. The first-order chi connectivity index (χ1) is 10.3. The average Bonchev–Trinajstić information content (AvgIpc) is 2.82. The van der Waals surface area contributed by atoms with Gasteiger partial charge in [-0.15, -0.1) is 0 Å². The minimum absolute atomic E-state index is 0.105. The molecule has 5 nitrogen and oxygen atoms in total. The van der Waals surface area contributed by atoms with E-state index < -0.39 is 5.60 Å². The van der Waals surface area contributed by atoms with E-state index in [2.05, 4.69) is 36.1 Å². The fourth-order valence-corrected chi connectivity index (χ4v) is 2.50. The van der Waals surface area contributed by atoms with Crippen LogP contribution < -0.4 is 11.0 Å². The summed E-state index contributed by atoms with van der Waals surface area (Å²) in [5.74, 6) is 0.594. The number of rotatable bonds is 7. The van der Waals surface area contributed by atoms with E-state index in [1.165, 1.54) is 0 Å². The van der Waals surface area contributed by atoms with Gasteiger partial charge in [0.15, 0.2) is 0 Å². The third-order valence-electron chi connectivity index (χ3n) is 4.09. The average molecular weight is 305 g/mol. The first-order valence-electron chi connectivity index (χ1n) is 7.94. The molecule has 5 heteroatoms. The van der Waals surface area contributed by atoms with Gasteiger partial charge in [0.25, 0.3) is 0 Å². The Bertz CT molecular complexity index is 670. The number of nitrogens with one attached hydrogen (secondary N) is 3. The van der Waals surface area contributed by atoms with Gasteiger partial charge in [-0.05, 0) is 50.3 Å². The van der Waals surface area contributed by atoms with Crippen molar-refractivity contribution in [2.24, 2.45) is 5.92 Å². The molecule has 2 aromatic rings. The van der Waals surface area contributed by atoms with Crippen LogP contribution in [0.5, 0.6) is 0 Å². The second kappa shape index (κ2) is 6.67. The van der Waals surface area contributed by atoms with Crippen LogP contribution >= 0.6 is 0 Å². The van der Waals surface area contributed by atoms with Crippen molar-refractivity contribution in [1.29, 1.82) is 0 Å². The molecule has 0 spiro atoms. The second-order valence-electron chi connectivity index (χ2n) is 6.92. The summed E-state index contributed by atoms with van der Waals surface area (Å²) >= 11 is 0. The van der Waals surface area contributed by atoms with Gasteiger partial charge in [0.05, 0.1) is 16.6 Å². The van der Waals surface area contributed by atoms with Gasteiger partial charge in [-0.1, -0.05) is 19.9 Å². The van der Waals surface area contributed by atoms with E-state index in [4.69, 9.17) is 0 Å². The van der Waals surface area contributed by atoms with E-state index in [0.717, 1.165) is 29.4 Å². The van der Waals surface area contributed by atoms with Gasteiger partial charge in [0.2, 0.25) is 0 Å². The van der Waals surface area contributed by atoms with E-state index in [-0.39, 0.29) is 11.7 Å². The maximum absolute atomic E-state index is 11.3. The van der Waals surface area contributed by atoms with Gasteiger partial charge in [-0.25, -0.2) is 4.79 Å². The smallest absolute Gasteiger partial charge is 0.323 e. The summed E-state index contributed by atoms with van der Waals surface area (Å²) in [6, 6.07) is 5.96. The van der Waals surface area contributed by atoms with Gasteiger partial charge < -0.3 is 20.4 Å². The number of hydrogen-bond acceptors (Lipinski definition) is 3. The van der Waals surface area contributed by atoms with Gasteiger partial charge >= 0.3 is 5.69 Å². The van der Waals surface area contributed by atoms with E-state index in [1.54, 1.807) is 0 Å². The molecule has 2 rings (SSSR count). The highest BCUT2D eigenvalue weighted by Gasteiger charge is 2.21. The van der Waals surface area contributed by atoms with Crippen molar-refractivity contribution in [3.05, 3.63) is 34.2 Å². The lowest BCUT2D eigenvalue weighted by Crippen LogP contribution is -2.39. The fraction of sp³-hybridized carbons (Fsp3) is 0.588. The quantitative estimate of drug-likeness (QED) is 0.635. The highest BCUT2D eigenvalue weighted by molar-refractivity contribution is 5.75. The molecule has 0 bridgehead atoms. The molecule has 122 valence electrons. The van der Waals surface area contributed by atoms with E-state index in [1.807, 2.05) is 25.1 Å². The molecule has 1 aromatic heterocycles. The van der Waals surface area contributed by atoms with E-state index in [0.29, 0.717) is 12.5 Å². The zero-order valence-corrected chi connectivity index (χ0v) is 13.9. The summed E-state index contributed by atoms with van der Waals surface area (Å²) in [5.41, 5.74) is 1.81. The van der Waals surface area contributed by atoms with Crippen molar-refractivity contribution in [3.8, 4) is 0 Å². The third kappa shape index (κ3) is 4.45. The Morgan fingerprint density at radius 3 is 2.59 bits per heavy atom. The standard InChI is InChI=1S/C17H27N3O2/c1-11(2)7-8-17(4,22)10-18-12(3)13-5-6-14-15(9-13)20-16(21)19-14/h5-6,9,11-12,18,22H,7-8,10H2,1-4H3,(H2,19,20,21). The Balaban J connectivity index is 1.98. The van der Waals surface area contributed by atoms with E-state index in [9.17, 15) is 9.90 Å². The zero-order valence-electron chi connectivity index (χ0n) is 13.9. The van der Waals surface area contributed by atoms with Crippen LogP contribution in [0.3, 0.4) is 0 Å². The number of aliphatic hydroxyl groups is 1. The topological polar surface area (TPSA) is 80.9 Å². The largest absolute Gasteiger partial charge is 0.389 e. The molecule has 0 aliphatic carbocycles. The Kier molecular flexibility index (Phi) is 5.08. The molecule has 2 atom stereocenters. The Hall–Kier alpha value is -1.59. The molecule has 0 radical (unpaired) electrons. The molecule has 1 heterocycles. The molecule has 2 unspecified atom stereocenters. The van der Waals surface area contributed by atoms with Crippen molar-refractivity contribution < 1.29 is 5.11 Å². The minimum Gasteiger partial charge on any atom is -0.389 e. The summed E-state index contributed by atoms with van der Waals surface area (Å²) in [4.78, 5) is 16.8. The maximum Gasteiger partial charge on any atom is 0.323 e. The number of fused-ring (bicyclic) bond motifs is 1. The monoisotopic (exact) mass is 305 g/mol. The van der Waals surface area contributed by atoms with E-state index >= 15 is 0 Å². The summed E-state index contributed by atoms with van der Waals surface area (Å²) in [6.07, 6.45) is 1.80. The molecule has 0 saturated heterocycles. The molecular weight excluding hydrogens is 278 g/mol. The second-order valence-corrected chi connectivity index (χ2v) is 6.92. The van der Waals surface area contributed by atoms with Crippen LogP contribution in [0.2, 0.25) is 0 Å². The van der Waals surface area contributed by atoms with Gasteiger partial charge in [-0.3, -0.25) is 0 Å². The molecule has 4 N–H and O–H groups in total. The van der Waals surface area contributed by atoms with Crippen molar-refractivity contribution in [3.63, 3.8) is 0 Å². The van der Waals surface area contributed by atoms with Crippen molar-refractivity contribution in [1.82, 2.24) is 15.3 Å². The lowest BCUT2D eigenvalue weighted by Gasteiger charge is -2.27. The van der Waals surface area contributed by atoms with Crippen LogP contribution in [0.15, 0.2) is 23.0 Å². The molecule has 0 amide bonds. The highest BCUT2D eigenvalue weighted by atomic mass is 16.3. The minimum atomic E-state index is -0.703. The lowest BCUT2D eigenvalue weighted by atomic mass is 9.94. The third-order valence-corrected chi connectivity index (χ3v) is 4.09. The van der Waals surface area contributed by atoms with Crippen LogP contribution in [-0.4, -0.2) is 27.2 Å². The molecule has 0 aliphatic rings. The molecular formula is C17H27N3O2. The summed E-state index contributed by atoms with van der Waals surface area (Å²) in [7, 11) is 0. The van der Waals surface area contributed by atoms with Crippen LogP contribution in [0.25, 0.3) is 11.0 Å². The predicted octanol–water partition coefficient (Wildman–Crippen LogP) is 2.69.